The minimum Gasteiger partial charge on any atom is -0.239 e. The van der Waals surface area contributed by atoms with E-state index < -0.39 is 0 Å². The first-order valence-corrected chi connectivity index (χ1v) is 11.1. The second kappa shape index (κ2) is 9.38. The number of fused-ring (bicyclic) bond motifs is 5. The maximum atomic E-state index is 4.82. The van der Waals surface area contributed by atoms with Crippen molar-refractivity contribution in [3.63, 3.8) is 0 Å². The third-order valence-electron chi connectivity index (χ3n) is 5.65. The van der Waals surface area contributed by atoms with Crippen molar-refractivity contribution in [1.82, 2.24) is 4.98 Å². The molecule has 1 nitrogen and oxygen atoms in total. The zero-order valence-electron chi connectivity index (χ0n) is 17.9. The zero-order chi connectivity index (χ0) is 21.6. The predicted molar refractivity (Wildman–Crippen MR) is 135 cm³/mol. The standard InChI is InChI=1S/C31H23N/c1(3-6-12-24-13-7-5-8-14-24)2-4-9-16-27-21-22-29-30(32-27)23-20-26-19-18-25-15-10-11-17-28(25)31(26)29/h5,7-8,10-11,13-15,17-23H,1-4H2. The number of aromatic nitrogens is 1. The van der Waals surface area contributed by atoms with Gasteiger partial charge in [0.1, 0.15) is 5.69 Å². The summed E-state index contributed by atoms with van der Waals surface area (Å²) < 4.78 is 0. The molecule has 0 N–H and O–H groups in total. The molecule has 0 aliphatic rings. The third kappa shape index (κ3) is 4.34. The molecule has 0 radical (unpaired) electrons. The van der Waals surface area contributed by atoms with Gasteiger partial charge in [-0.3, -0.25) is 0 Å². The van der Waals surface area contributed by atoms with Gasteiger partial charge in [0.25, 0.3) is 0 Å². The average molecular weight is 410 g/mol. The van der Waals surface area contributed by atoms with Gasteiger partial charge in [-0.1, -0.05) is 78.4 Å². The summed E-state index contributed by atoms with van der Waals surface area (Å²) in [6.45, 7) is 0. The van der Waals surface area contributed by atoms with E-state index in [0.717, 1.165) is 42.5 Å². The highest BCUT2D eigenvalue weighted by molar-refractivity contribution is 6.19. The highest BCUT2D eigenvalue weighted by Crippen LogP contribution is 2.31. The third-order valence-corrected chi connectivity index (χ3v) is 5.65. The van der Waals surface area contributed by atoms with Crippen molar-refractivity contribution in [2.45, 2.75) is 25.7 Å². The van der Waals surface area contributed by atoms with Crippen LogP contribution in [0.2, 0.25) is 0 Å². The second-order valence-electron chi connectivity index (χ2n) is 7.89. The van der Waals surface area contributed by atoms with E-state index in [4.69, 9.17) is 4.98 Å². The summed E-state index contributed by atoms with van der Waals surface area (Å²) in [5.41, 5.74) is 2.91. The zero-order valence-corrected chi connectivity index (χ0v) is 17.9. The Bertz CT molecular complexity index is 1520. The van der Waals surface area contributed by atoms with Crippen LogP contribution in [0.15, 0.2) is 91.0 Å². The molecule has 5 aromatic rings. The van der Waals surface area contributed by atoms with Crippen molar-refractivity contribution in [3.8, 4) is 23.7 Å². The molecule has 5 rings (SSSR count). The molecule has 1 heteroatoms. The lowest BCUT2D eigenvalue weighted by atomic mass is 9.98. The maximum Gasteiger partial charge on any atom is 0.113 e. The molecule has 0 saturated carbocycles. The molecule has 32 heavy (non-hydrogen) atoms. The van der Waals surface area contributed by atoms with Crippen LogP contribution >= 0.6 is 0 Å². The van der Waals surface area contributed by atoms with Crippen molar-refractivity contribution < 1.29 is 0 Å². The maximum absolute atomic E-state index is 4.82. The number of hydrogen-bond donors (Lipinski definition) is 0. The summed E-state index contributed by atoms with van der Waals surface area (Å²) in [5, 5.41) is 6.22. The Kier molecular flexibility index (Phi) is 5.83. The number of hydrogen-bond acceptors (Lipinski definition) is 1. The van der Waals surface area contributed by atoms with Gasteiger partial charge in [-0.05, 0) is 70.6 Å². The minimum atomic E-state index is 0.834. The molecule has 0 bridgehead atoms. The molecular weight excluding hydrogens is 386 g/mol. The fourth-order valence-corrected chi connectivity index (χ4v) is 4.05. The van der Waals surface area contributed by atoms with Crippen LogP contribution in [0.1, 0.15) is 36.9 Å². The normalized spacial score (nSPS) is 10.5. The van der Waals surface area contributed by atoms with Gasteiger partial charge in [-0.2, -0.15) is 0 Å². The predicted octanol–water partition coefficient (Wildman–Crippen LogP) is 7.50. The molecule has 4 aromatic carbocycles. The second-order valence-corrected chi connectivity index (χ2v) is 7.89. The smallest absolute Gasteiger partial charge is 0.113 e. The summed E-state index contributed by atoms with van der Waals surface area (Å²) in [6.07, 6.45) is 3.90. The molecule has 152 valence electrons. The van der Waals surface area contributed by atoms with E-state index in [1.807, 2.05) is 36.4 Å². The fourth-order valence-electron chi connectivity index (χ4n) is 4.05. The first-order chi connectivity index (χ1) is 15.9. The van der Waals surface area contributed by atoms with E-state index in [0.29, 0.717) is 0 Å². The van der Waals surface area contributed by atoms with Gasteiger partial charge in [-0.25, -0.2) is 4.98 Å². The summed E-state index contributed by atoms with van der Waals surface area (Å²) in [5.74, 6) is 13.0. The molecule has 0 fully saturated rings. The van der Waals surface area contributed by atoms with E-state index in [1.165, 1.54) is 26.9 Å². The number of unbranched alkanes of at least 4 members (excludes halogenated alkanes) is 3. The monoisotopic (exact) mass is 409 g/mol. The topological polar surface area (TPSA) is 12.9 Å². The Hall–Kier alpha value is -4.07. The first-order valence-electron chi connectivity index (χ1n) is 11.1. The average Bonchev–Trinajstić information content (AvgIpc) is 2.85. The lowest BCUT2D eigenvalue weighted by molar-refractivity contribution is 0.782. The number of nitrogens with zero attached hydrogens (tertiary/aromatic N) is 1. The quantitative estimate of drug-likeness (QED) is 0.171. The molecule has 0 unspecified atom stereocenters. The van der Waals surface area contributed by atoms with Gasteiger partial charge in [0.05, 0.1) is 5.52 Å². The fraction of sp³-hybridized carbons (Fsp3) is 0.129. The minimum absolute atomic E-state index is 0.834. The van der Waals surface area contributed by atoms with E-state index in [9.17, 15) is 0 Å². The SMILES string of the molecule is C(#Cc1ccccc1)CCCCC#Cc1ccc2c(ccc3ccc4ccccc4c32)n1. The molecule has 0 amide bonds. The van der Waals surface area contributed by atoms with Crippen LogP contribution in [0.25, 0.3) is 32.4 Å². The van der Waals surface area contributed by atoms with Crippen molar-refractivity contribution >= 4 is 32.4 Å². The number of benzene rings is 4. The van der Waals surface area contributed by atoms with Crippen molar-refractivity contribution in [1.29, 1.82) is 0 Å². The molecule has 1 heterocycles. The Morgan fingerprint density at radius 2 is 1.28 bits per heavy atom. The molecule has 0 spiro atoms. The van der Waals surface area contributed by atoms with E-state index in [-0.39, 0.29) is 0 Å². The largest absolute Gasteiger partial charge is 0.239 e. The Morgan fingerprint density at radius 3 is 2.16 bits per heavy atom. The first kappa shape index (κ1) is 19.9. The summed E-state index contributed by atoms with van der Waals surface area (Å²) in [6, 6.07) is 31.5. The van der Waals surface area contributed by atoms with Gasteiger partial charge >= 0.3 is 0 Å². The summed E-state index contributed by atoms with van der Waals surface area (Å²) >= 11 is 0. The lowest BCUT2D eigenvalue weighted by Gasteiger charge is -2.07. The lowest BCUT2D eigenvalue weighted by Crippen LogP contribution is -1.87. The van der Waals surface area contributed by atoms with Gasteiger partial charge in [0.15, 0.2) is 0 Å². The molecule has 0 aliphatic carbocycles. The van der Waals surface area contributed by atoms with Crippen LogP contribution in [-0.4, -0.2) is 4.98 Å². The van der Waals surface area contributed by atoms with E-state index in [1.54, 1.807) is 0 Å². The van der Waals surface area contributed by atoms with Gasteiger partial charge in [0.2, 0.25) is 0 Å². The molecule has 0 saturated heterocycles. The number of rotatable bonds is 3. The van der Waals surface area contributed by atoms with Crippen molar-refractivity contribution in [2.75, 3.05) is 0 Å². The number of pyridine rings is 1. The van der Waals surface area contributed by atoms with Crippen molar-refractivity contribution in [3.05, 3.63) is 102 Å². The Morgan fingerprint density at radius 1 is 0.562 bits per heavy atom. The summed E-state index contributed by atoms with van der Waals surface area (Å²) in [7, 11) is 0. The van der Waals surface area contributed by atoms with Crippen LogP contribution in [-0.2, 0) is 0 Å². The van der Waals surface area contributed by atoms with Crippen molar-refractivity contribution in [2.24, 2.45) is 0 Å². The van der Waals surface area contributed by atoms with Crippen LogP contribution in [0.3, 0.4) is 0 Å². The van der Waals surface area contributed by atoms with Crippen LogP contribution in [0.5, 0.6) is 0 Å². The van der Waals surface area contributed by atoms with Crippen LogP contribution < -0.4 is 0 Å². The van der Waals surface area contributed by atoms with Gasteiger partial charge < -0.3 is 0 Å². The highest BCUT2D eigenvalue weighted by atomic mass is 14.7. The highest BCUT2D eigenvalue weighted by Gasteiger charge is 2.06. The molecular formula is C31H23N. The van der Waals surface area contributed by atoms with E-state index >= 15 is 0 Å². The Labute approximate surface area is 189 Å². The van der Waals surface area contributed by atoms with Gasteiger partial charge in [0, 0.05) is 23.8 Å². The van der Waals surface area contributed by atoms with Crippen LogP contribution in [0, 0.1) is 23.7 Å². The molecule has 1 aromatic heterocycles. The van der Waals surface area contributed by atoms with E-state index in [2.05, 4.69) is 78.3 Å². The summed E-state index contributed by atoms with van der Waals surface area (Å²) in [4.78, 5) is 4.82. The van der Waals surface area contributed by atoms with Gasteiger partial charge in [-0.15, -0.1) is 0 Å². The van der Waals surface area contributed by atoms with Crippen LogP contribution in [0.4, 0.5) is 0 Å². The molecule has 0 aliphatic heterocycles. The Balaban J connectivity index is 1.27. The molecule has 0 atom stereocenters.